The molecular weight excluding hydrogens is 899 g/mol. The van der Waals surface area contributed by atoms with Crippen molar-refractivity contribution >= 4 is 5.91 Å². The number of amides is 1. The number of unbranched alkanes of at least 4 members (excludes halogenated alkanes) is 43. The van der Waals surface area contributed by atoms with Crippen molar-refractivity contribution in [2.75, 3.05) is 6.61 Å². The van der Waals surface area contributed by atoms with Crippen molar-refractivity contribution < 1.29 is 25.2 Å². The molecule has 0 aromatic heterocycles. The van der Waals surface area contributed by atoms with E-state index in [4.69, 9.17) is 0 Å². The number of hydrogen-bond acceptors (Lipinski definition) is 5. The first kappa shape index (κ1) is 71.3. The summed E-state index contributed by atoms with van der Waals surface area (Å²) in [4.78, 5) is 12.6. The number of rotatable bonds is 60. The third kappa shape index (κ3) is 54.9. The smallest absolute Gasteiger partial charge is 0.249 e. The highest BCUT2D eigenvalue weighted by Crippen LogP contribution is 2.18. The minimum absolute atomic E-state index is 0.360. The Morgan fingerprint density at radius 2 is 0.575 bits per heavy atom. The van der Waals surface area contributed by atoms with Crippen LogP contribution in [0.3, 0.4) is 0 Å². The molecule has 0 bridgehead atoms. The van der Waals surface area contributed by atoms with Gasteiger partial charge in [0.15, 0.2) is 0 Å². The molecule has 0 aromatic rings. The van der Waals surface area contributed by atoms with Gasteiger partial charge in [-0.3, -0.25) is 4.79 Å². The van der Waals surface area contributed by atoms with E-state index in [9.17, 15) is 25.2 Å². The lowest BCUT2D eigenvalue weighted by Gasteiger charge is -2.27. The molecule has 0 aliphatic heterocycles. The maximum absolute atomic E-state index is 12.6. The fourth-order valence-corrected chi connectivity index (χ4v) is 10.1. The monoisotopic (exact) mass is 1030 g/mol. The van der Waals surface area contributed by atoms with Crippen LogP contribution in [0.2, 0.25) is 0 Å². The van der Waals surface area contributed by atoms with Crippen LogP contribution in [0.4, 0.5) is 0 Å². The van der Waals surface area contributed by atoms with E-state index in [0.29, 0.717) is 19.3 Å². The van der Waals surface area contributed by atoms with Gasteiger partial charge in [0, 0.05) is 0 Å². The van der Waals surface area contributed by atoms with E-state index in [1.165, 1.54) is 257 Å². The van der Waals surface area contributed by atoms with Crippen molar-refractivity contribution in [1.29, 1.82) is 0 Å². The zero-order valence-corrected chi connectivity index (χ0v) is 48.9. The molecule has 1 amide bonds. The molecule has 0 heterocycles. The van der Waals surface area contributed by atoms with Crippen LogP contribution in [0.1, 0.15) is 341 Å². The molecule has 0 aliphatic carbocycles. The molecule has 0 saturated carbocycles. The van der Waals surface area contributed by atoms with E-state index in [1.54, 1.807) is 0 Å². The van der Waals surface area contributed by atoms with Gasteiger partial charge in [-0.05, 0) is 89.9 Å². The summed E-state index contributed by atoms with van der Waals surface area (Å²) < 4.78 is 0. The van der Waals surface area contributed by atoms with Gasteiger partial charge in [0.1, 0.15) is 12.2 Å². The molecule has 5 N–H and O–H groups in total. The third-order valence-corrected chi connectivity index (χ3v) is 15.2. The van der Waals surface area contributed by atoms with Crippen LogP contribution in [0.15, 0.2) is 48.6 Å². The van der Waals surface area contributed by atoms with Gasteiger partial charge in [-0.25, -0.2) is 0 Å². The first-order chi connectivity index (χ1) is 36.0. The minimum atomic E-state index is -1.29. The minimum Gasteiger partial charge on any atom is -0.394 e. The highest BCUT2D eigenvalue weighted by molar-refractivity contribution is 5.80. The maximum atomic E-state index is 12.6. The second-order valence-electron chi connectivity index (χ2n) is 22.4. The summed E-state index contributed by atoms with van der Waals surface area (Å²) in [7, 11) is 0. The number of nitrogens with one attached hydrogen (secondary N) is 1. The number of allylic oxidation sites excluding steroid dienone is 8. The highest BCUT2D eigenvalue weighted by Gasteiger charge is 2.28. The normalized spacial score (nSPS) is 13.9. The topological polar surface area (TPSA) is 110 Å². The molecule has 0 aromatic carbocycles. The summed E-state index contributed by atoms with van der Waals surface area (Å²) in [6.07, 6.45) is 79.4. The number of aliphatic hydroxyl groups excluding tert-OH is 4. The van der Waals surface area contributed by atoms with Crippen molar-refractivity contribution in [2.24, 2.45) is 0 Å². The van der Waals surface area contributed by atoms with Crippen LogP contribution in [-0.2, 0) is 4.79 Å². The first-order valence-electron chi connectivity index (χ1n) is 32.5. The Balaban J connectivity index is 3.56. The molecule has 0 spiro atoms. The summed E-state index contributed by atoms with van der Waals surface area (Å²) in [6, 6.07) is -1.01. The van der Waals surface area contributed by atoms with Gasteiger partial charge in [0.05, 0.1) is 18.8 Å². The Morgan fingerprint density at radius 3 is 0.863 bits per heavy atom. The molecule has 4 atom stereocenters. The molecule has 0 aliphatic rings. The first-order valence-corrected chi connectivity index (χ1v) is 32.5. The average molecular weight is 1030 g/mol. The summed E-state index contributed by atoms with van der Waals surface area (Å²) in [5.41, 5.74) is 0. The second kappa shape index (κ2) is 61.1. The van der Waals surface area contributed by atoms with Crippen LogP contribution in [-0.4, -0.2) is 57.3 Å². The lowest BCUT2D eigenvalue weighted by atomic mass is 10.00. The van der Waals surface area contributed by atoms with Gasteiger partial charge in [-0.15, -0.1) is 0 Å². The molecule has 73 heavy (non-hydrogen) atoms. The summed E-state index contributed by atoms with van der Waals surface area (Å²) in [5.74, 6) is -0.596. The molecular formula is C67H127NO5. The number of carbonyl (C=O) groups excluding carboxylic acids is 1. The zero-order valence-electron chi connectivity index (χ0n) is 48.9. The van der Waals surface area contributed by atoms with E-state index in [-0.39, 0.29) is 0 Å². The van der Waals surface area contributed by atoms with Gasteiger partial charge in [-0.2, -0.15) is 0 Å². The van der Waals surface area contributed by atoms with Crippen molar-refractivity contribution in [2.45, 2.75) is 366 Å². The Labute approximate surface area is 455 Å². The fourth-order valence-electron chi connectivity index (χ4n) is 10.1. The number of hydrogen-bond donors (Lipinski definition) is 5. The number of carbonyl (C=O) groups is 1. The van der Waals surface area contributed by atoms with Crippen LogP contribution in [0.5, 0.6) is 0 Å². The van der Waals surface area contributed by atoms with Gasteiger partial charge in [-0.1, -0.05) is 300 Å². The molecule has 430 valence electrons. The van der Waals surface area contributed by atoms with Crippen LogP contribution >= 0.6 is 0 Å². The Bertz CT molecular complexity index is 1200. The summed E-state index contributed by atoms with van der Waals surface area (Å²) in [6.45, 7) is 4.06. The standard InChI is InChI=1S/C67H127NO5/c1-3-5-7-9-11-13-15-17-19-21-23-24-25-26-27-28-29-30-31-32-33-34-35-36-37-38-39-40-41-43-45-47-49-51-53-55-57-59-61-65(71)67(73)68-63(62-69)66(72)64(70)60-58-56-54-52-50-48-46-44-42-22-20-18-16-14-12-10-8-6-4-2/h18,20,32-33,44,46,52,54,63-66,69-72H,3-17,19,21-31,34-43,45,47-51,53,55-62H2,1-2H3,(H,68,73)/b20-18+,33-32-,46-44+,54-52+. The van der Waals surface area contributed by atoms with Gasteiger partial charge < -0.3 is 25.7 Å². The number of aliphatic hydroxyl groups is 4. The lowest BCUT2D eigenvalue weighted by Crippen LogP contribution is -2.53. The van der Waals surface area contributed by atoms with Gasteiger partial charge in [0.25, 0.3) is 0 Å². The summed E-state index contributed by atoms with van der Waals surface area (Å²) in [5, 5.41) is 44.0. The molecule has 0 saturated heterocycles. The third-order valence-electron chi connectivity index (χ3n) is 15.2. The summed E-state index contributed by atoms with van der Waals surface area (Å²) >= 11 is 0. The molecule has 4 unspecified atom stereocenters. The Kier molecular flexibility index (Phi) is 59.7. The van der Waals surface area contributed by atoms with Crippen molar-refractivity contribution in [1.82, 2.24) is 5.32 Å². The van der Waals surface area contributed by atoms with Crippen LogP contribution < -0.4 is 5.32 Å². The van der Waals surface area contributed by atoms with Gasteiger partial charge >= 0.3 is 0 Å². The highest BCUT2D eigenvalue weighted by atomic mass is 16.3. The van der Waals surface area contributed by atoms with Crippen molar-refractivity contribution in [3.63, 3.8) is 0 Å². The lowest BCUT2D eigenvalue weighted by molar-refractivity contribution is -0.132. The van der Waals surface area contributed by atoms with Gasteiger partial charge in [0.2, 0.25) is 5.91 Å². The fraction of sp³-hybridized carbons (Fsp3) is 0.866. The average Bonchev–Trinajstić information content (AvgIpc) is 3.40. The predicted octanol–water partition coefficient (Wildman–Crippen LogP) is 19.7. The van der Waals surface area contributed by atoms with Crippen LogP contribution in [0, 0.1) is 0 Å². The molecule has 0 rings (SSSR count). The van der Waals surface area contributed by atoms with E-state index in [0.717, 1.165) is 51.4 Å². The quantitative estimate of drug-likeness (QED) is 0.0308. The van der Waals surface area contributed by atoms with E-state index in [2.05, 4.69) is 67.8 Å². The SMILES string of the molecule is CCCCCCCC/C=C/CC/C=C/CC/C=C/CCCC(O)C(O)C(CO)NC(=O)C(O)CCCCCCCCCCCCCCCCCC/C=C\CCCCCCCCCCCCCCCCCCCC. The molecule has 6 nitrogen and oxygen atoms in total. The second-order valence-corrected chi connectivity index (χ2v) is 22.4. The van der Waals surface area contributed by atoms with E-state index >= 15 is 0 Å². The van der Waals surface area contributed by atoms with Crippen LogP contribution in [0.25, 0.3) is 0 Å². The van der Waals surface area contributed by atoms with Crippen molar-refractivity contribution in [3.8, 4) is 0 Å². The zero-order chi connectivity index (χ0) is 53.0. The molecule has 6 heteroatoms. The molecule has 0 fully saturated rings. The Morgan fingerprint density at radius 1 is 0.329 bits per heavy atom. The largest absolute Gasteiger partial charge is 0.394 e. The van der Waals surface area contributed by atoms with E-state index < -0.39 is 36.9 Å². The maximum Gasteiger partial charge on any atom is 0.249 e. The van der Waals surface area contributed by atoms with E-state index in [1.807, 2.05) is 0 Å². The Hall–Kier alpha value is -1.73. The molecule has 0 radical (unpaired) electrons. The van der Waals surface area contributed by atoms with Crippen molar-refractivity contribution in [3.05, 3.63) is 48.6 Å². The predicted molar refractivity (Wildman–Crippen MR) is 320 cm³/mol.